The van der Waals surface area contributed by atoms with Crippen molar-refractivity contribution >= 4 is 11.9 Å². The van der Waals surface area contributed by atoms with E-state index in [1.165, 1.54) is 11.1 Å². The van der Waals surface area contributed by atoms with Gasteiger partial charge in [-0.3, -0.25) is 9.59 Å². The van der Waals surface area contributed by atoms with Crippen molar-refractivity contribution in [2.75, 3.05) is 0 Å². The molecule has 5 rings (SSSR count). The van der Waals surface area contributed by atoms with E-state index >= 15 is 0 Å². The lowest BCUT2D eigenvalue weighted by Gasteiger charge is -2.55. The molecule has 0 bridgehead atoms. The summed E-state index contributed by atoms with van der Waals surface area (Å²) in [5.41, 5.74) is 6.51. The van der Waals surface area contributed by atoms with E-state index in [9.17, 15) is 14.7 Å². The Hall–Kier alpha value is -1.88. The van der Waals surface area contributed by atoms with Crippen LogP contribution in [-0.4, -0.2) is 28.2 Å². The van der Waals surface area contributed by atoms with Gasteiger partial charge in [0.05, 0.1) is 5.41 Å². The van der Waals surface area contributed by atoms with E-state index in [0.29, 0.717) is 23.8 Å². The zero-order valence-electron chi connectivity index (χ0n) is 17.4. The molecule has 0 aromatic heterocycles. The summed E-state index contributed by atoms with van der Waals surface area (Å²) >= 11 is 0. The van der Waals surface area contributed by atoms with Gasteiger partial charge in [0.2, 0.25) is 5.91 Å². The van der Waals surface area contributed by atoms with Crippen molar-refractivity contribution in [1.29, 1.82) is 0 Å². The highest BCUT2D eigenvalue weighted by Crippen LogP contribution is 2.63. The molecule has 2 saturated carbocycles. The Labute approximate surface area is 172 Å². The molecule has 1 saturated heterocycles. The van der Waals surface area contributed by atoms with Gasteiger partial charge in [0.15, 0.2) is 0 Å². The number of fused-ring (bicyclic) bond motifs is 6. The number of aryl methyl sites for hydroxylation is 1. The lowest BCUT2D eigenvalue weighted by atomic mass is 9.56. The first-order chi connectivity index (χ1) is 13.7. The van der Waals surface area contributed by atoms with Crippen LogP contribution in [0.3, 0.4) is 0 Å². The molecule has 4 aliphatic rings. The number of rotatable bonds is 1. The summed E-state index contributed by atoms with van der Waals surface area (Å²) in [4.78, 5) is 24.2. The summed E-state index contributed by atoms with van der Waals surface area (Å²) in [7, 11) is 0. The molecule has 3 aliphatic carbocycles. The minimum atomic E-state index is -0.912. The molecule has 5 nitrogen and oxygen atoms in total. The standard InChI is InChI=1S/C24H31NO4/c1-22(2)11-12-23(29-21(22)27)9-8-19-18-6-3-14-13-15(20(25)26)4-5-16(14)17(18)7-10-24(19,23)28/h4-5,13,17-19,28H,3,6-12H2,1-2H3,(H2,25,26)/t17?,18?,19?,23-,24-/m1/s1. The van der Waals surface area contributed by atoms with Gasteiger partial charge in [0, 0.05) is 5.56 Å². The van der Waals surface area contributed by atoms with Crippen LogP contribution in [0.1, 0.15) is 86.2 Å². The van der Waals surface area contributed by atoms with Crippen LogP contribution in [0.4, 0.5) is 0 Å². The number of primary amides is 1. The average Bonchev–Trinajstić information content (AvgIpc) is 2.97. The Morgan fingerprint density at radius 1 is 1.14 bits per heavy atom. The van der Waals surface area contributed by atoms with Gasteiger partial charge in [0.25, 0.3) is 0 Å². The zero-order chi connectivity index (χ0) is 20.6. The van der Waals surface area contributed by atoms with Crippen molar-refractivity contribution in [3.8, 4) is 0 Å². The molecule has 5 atom stereocenters. The second-order valence-corrected chi connectivity index (χ2v) is 10.5. The van der Waals surface area contributed by atoms with Crippen LogP contribution in [0.5, 0.6) is 0 Å². The predicted octanol–water partition coefficient (Wildman–Crippen LogP) is 3.47. The molecule has 3 unspecified atom stereocenters. The molecule has 156 valence electrons. The molecule has 3 N–H and O–H groups in total. The number of hydrogen-bond donors (Lipinski definition) is 2. The molecular weight excluding hydrogens is 366 g/mol. The van der Waals surface area contributed by atoms with Crippen LogP contribution in [0.25, 0.3) is 0 Å². The Morgan fingerprint density at radius 2 is 1.93 bits per heavy atom. The van der Waals surface area contributed by atoms with Gasteiger partial charge in [-0.05, 0) is 106 Å². The molecule has 3 fully saturated rings. The van der Waals surface area contributed by atoms with Gasteiger partial charge in [-0.2, -0.15) is 0 Å². The normalized spacial score (nSPS) is 40.0. The van der Waals surface area contributed by atoms with Crippen molar-refractivity contribution in [3.05, 3.63) is 34.9 Å². The Balaban J connectivity index is 1.45. The highest BCUT2D eigenvalue weighted by molar-refractivity contribution is 5.93. The van der Waals surface area contributed by atoms with Crippen molar-refractivity contribution in [3.63, 3.8) is 0 Å². The number of ether oxygens (including phenoxy) is 1. The average molecular weight is 398 g/mol. The summed E-state index contributed by atoms with van der Waals surface area (Å²) in [5, 5.41) is 11.9. The molecule has 1 heterocycles. The second kappa shape index (κ2) is 6.07. The fourth-order valence-corrected chi connectivity index (χ4v) is 6.95. The third-order valence-corrected chi connectivity index (χ3v) is 8.70. The quantitative estimate of drug-likeness (QED) is 0.710. The largest absolute Gasteiger partial charge is 0.456 e. The van der Waals surface area contributed by atoms with Crippen LogP contribution >= 0.6 is 0 Å². The van der Waals surface area contributed by atoms with E-state index in [1.54, 1.807) is 0 Å². The van der Waals surface area contributed by atoms with Gasteiger partial charge >= 0.3 is 5.97 Å². The predicted molar refractivity (Wildman–Crippen MR) is 108 cm³/mol. The number of aliphatic hydroxyl groups is 1. The van der Waals surface area contributed by atoms with Gasteiger partial charge < -0.3 is 15.6 Å². The fraction of sp³-hybridized carbons (Fsp3) is 0.667. The first kappa shape index (κ1) is 19.1. The van der Waals surface area contributed by atoms with Gasteiger partial charge in [-0.15, -0.1) is 0 Å². The molecule has 1 aromatic carbocycles. The second-order valence-electron chi connectivity index (χ2n) is 10.5. The summed E-state index contributed by atoms with van der Waals surface area (Å²) in [6.07, 6.45) is 6.69. The van der Waals surface area contributed by atoms with Crippen molar-refractivity contribution in [2.24, 2.45) is 23.0 Å². The third-order valence-electron chi connectivity index (χ3n) is 8.70. The number of benzene rings is 1. The first-order valence-corrected chi connectivity index (χ1v) is 11.1. The molecule has 1 aromatic rings. The Morgan fingerprint density at radius 3 is 2.66 bits per heavy atom. The maximum Gasteiger partial charge on any atom is 0.312 e. The molecule has 1 spiro atoms. The number of nitrogens with two attached hydrogens (primary N) is 1. The smallest absolute Gasteiger partial charge is 0.312 e. The van der Waals surface area contributed by atoms with Crippen LogP contribution < -0.4 is 5.73 Å². The minimum absolute atomic E-state index is 0.159. The Kier molecular flexibility index (Phi) is 4.00. The van der Waals surface area contributed by atoms with E-state index in [-0.39, 0.29) is 17.8 Å². The summed E-state index contributed by atoms with van der Waals surface area (Å²) < 4.78 is 6.07. The molecule has 1 amide bonds. The lowest BCUT2D eigenvalue weighted by molar-refractivity contribution is -0.231. The van der Waals surface area contributed by atoms with Gasteiger partial charge in [0.1, 0.15) is 11.2 Å². The molecular formula is C24H31NO4. The third kappa shape index (κ3) is 2.56. The van der Waals surface area contributed by atoms with Crippen LogP contribution in [0.15, 0.2) is 18.2 Å². The number of amides is 1. The van der Waals surface area contributed by atoms with E-state index in [1.807, 2.05) is 26.0 Å². The van der Waals surface area contributed by atoms with E-state index in [2.05, 4.69) is 6.07 Å². The highest BCUT2D eigenvalue weighted by atomic mass is 16.6. The van der Waals surface area contributed by atoms with Crippen molar-refractivity contribution in [1.82, 2.24) is 0 Å². The first-order valence-electron chi connectivity index (χ1n) is 11.1. The molecule has 5 heteroatoms. The Bertz CT molecular complexity index is 893. The number of hydrogen-bond acceptors (Lipinski definition) is 4. The van der Waals surface area contributed by atoms with Crippen molar-refractivity contribution in [2.45, 2.75) is 82.3 Å². The van der Waals surface area contributed by atoms with Gasteiger partial charge in [-0.1, -0.05) is 6.07 Å². The number of carbonyl (C=O) groups is 2. The molecule has 1 aliphatic heterocycles. The summed E-state index contributed by atoms with van der Waals surface area (Å²) in [6, 6.07) is 5.87. The van der Waals surface area contributed by atoms with Crippen molar-refractivity contribution < 1.29 is 19.4 Å². The van der Waals surface area contributed by atoms with Crippen LogP contribution in [0.2, 0.25) is 0 Å². The maximum absolute atomic E-state index is 12.7. The SMILES string of the molecule is CC1(C)CC[C@@]2(CCC3C4CCc5cc(C(N)=O)ccc5C4CC[C@@]32O)OC1=O. The topological polar surface area (TPSA) is 89.6 Å². The number of carbonyl (C=O) groups excluding carboxylic acids is 2. The number of esters is 1. The lowest BCUT2D eigenvalue weighted by Crippen LogP contribution is -2.62. The van der Waals surface area contributed by atoms with E-state index < -0.39 is 16.6 Å². The van der Waals surface area contributed by atoms with Gasteiger partial charge in [-0.25, -0.2) is 0 Å². The maximum atomic E-state index is 12.7. The van der Waals surface area contributed by atoms with Crippen LogP contribution in [0, 0.1) is 17.3 Å². The summed E-state index contributed by atoms with van der Waals surface area (Å²) in [5.74, 6) is 0.422. The molecule has 29 heavy (non-hydrogen) atoms. The zero-order valence-corrected chi connectivity index (χ0v) is 17.4. The fourth-order valence-electron chi connectivity index (χ4n) is 6.95. The molecule has 0 radical (unpaired) electrons. The van der Waals surface area contributed by atoms with Crippen LogP contribution in [-0.2, 0) is 16.0 Å². The summed E-state index contributed by atoms with van der Waals surface area (Å²) in [6.45, 7) is 3.88. The van der Waals surface area contributed by atoms with E-state index in [4.69, 9.17) is 10.5 Å². The minimum Gasteiger partial charge on any atom is -0.456 e. The highest BCUT2D eigenvalue weighted by Gasteiger charge is 2.67. The van der Waals surface area contributed by atoms with E-state index in [0.717, 1.165) is 44.9 Å². The monoisotopic (exact) mass is 397 g/mol.